The average Bonchev–Trinajstić information content (AvgIpc) is 3.22. The number of amides is 1. The number of benzene rings is 2. The van der Waals surface area contributed by atoms with Crippen molar-refractivity contribution >= 4 is 11.6 Å². The molecule has 0 saturated carbocycles. The quantitative estimate of drug-likeness (QED) is 0.578. The summed E-state index contributed by atoms with van der Waals surface area (Å²) < 4.78 is 13.0. The third kappa shape index (κ3) is 6.10. The molecule has 0 aromatic heterocycles. The minimum Gasteiger partial charge on any atom is -0.368 e. The molecule has 4 nitrogen and oxygen atoms in total. The molecule has 4 rings (SSSR count). The van der Waals surface area contributed by atoms with Gasteiger partial charge in [0.2, 0.25) is 5.91 Å². The zero-order chi connectivity index (χ0) is 22.3. The molecular weight excluding hydrogens is 401 g/mol. The van der Waals surface area contributed by atoms with Crippen LogP contribution in [0.1, 0.15) is 55.7 Å². The van der Waals surface area contributed by atoms with E-state index in [2.05, 4.69) is 33.3 Å². The molecule has 2 heterocycles. The number of piperidine rings is 1. The van der Waals surface area contributed by atoms with Gasteiger partial charge in [0, 0.05) is 44.8 Å². The van der Waals surface area contributed by atoms with Gasteiger partial charge in [0.25, 0.3) is 0 Å². The number of anilines is 1. The molecule has 0 spiro atoms. The summed E-state index contributed by atoms with van der Waals surface area (Å²) in [7, 11) is 0. The van der Waals surface area contributed by atoms with Gasteiger partial charge in [-0.2, -0.15) is 0 Å². The lowest BCUT2D eigenvalue weighted by atomic mass is 10.0. The second-order valence-corrected chi connectivity index (χ2v) is 9.33. The van der Waals surface area contributed by atoms with E-state index in [4.69, 9.17) is 0 Å². The van der Waals surface area contributed by atoms with Crippen molar-refractivity contribution in [3.63, 3.8) is 0 Å². The summed E-state index contributed by atoms with van der Waals surface area (Å²) in [5, 5.41) is 2.91. The van der Waals surface area contributed by atoms with E-state index in [9.17, 15) is 9.18 Å². The molecule has 2 aromatic rings. The van der Waals surface area contributed by atoms with Crippen LogP contribution >= 0.6 is 0 Å². The van der Waals surface area contributed by atoms with E-state index >= 15 is 0 Å². The predicted octanol–water partition coefficient (Wildman–Crippen LogP) is 4.70. The molecule has 0 bridgehead atoms. The SMILES string of the molecule is CC(=O)NCc1ccc2c(c1)N(C1CCN(CCCCCc3ccc(F)cc3)CC1)CC2. The Morgan fingerprint density at radius 3 is 2.50 bits per heavy atom. The van der Waals surface area contributed by atoms with Crippen LogP contribution in [0.15, 0.2) is 42.5 Å². The van der Waals surface area contributed by atoms with Gasteiger partial charge in [-0.05, 0) is 80.0 Å². The summed E-state index contributed by atoms with van der Waals surface area (Å²) in [6.07, 6.45) is 8.27. The fraction of sp³-hybridized carbons (Fsp3) is 0.519. The van der Waals surface area contributed by atoms with Crippen molar-refractivity contribution < 1.29 is 9.18 Å². The molecule has 2 aliphatic heterocycles. The van der Waals surface area contributed by atoms with E-state index in [-0.39, 0.29) is 11.7 Å². The molecule has 0 aliphatic carbocycles. The van der Waals surface area contributed by atoms with Gasteiger partial charge >= 0.3 is 0 Å². The van der Waals surface area contributed by atoms with Crippen molar-refractivity contribution in [1.82, 2.24) is 10.2 Å². The van der Waals surface area contributed by atoms with Gasteiger partial charge in [0.1, 0.15) is 5.82 Å². The van der Waals surface area contributed by atoms with Crippen LogP contribution in [0.3, 0.4) is 0 Å². The topological polar surface area (TPSA) is 35.6 Å². The number of halogens is 1. The number of aryl methyl sites for hydroxylation is 1. The van der Waals surface area contributed by atoms with Gasteiger partial charge in [-0.3, -0.25) is 4.79 Å². The van der Waals surface area contributed by atoms with E-state index in [0.29, 0.717) is 12.6 Å². The van der Waals surface area contributed by atoms with Gasteiger partial charge in [0.15, 0.2) is 0 Å². The number of fused-ring (bicyclic) bond motifs is 1. The molecule has 172 valence electrons. The van der Waals surface area contributed by atoms with Crippen molar-refractivity contribution in [3.05, 3.63) is 65.0 Å². The molecule has 2 aliphatic rings. The van der Waals surface area contributed by atoms with Crippen LogP contribution in [-0.4, -0.2) is 43.0 Å². The van der Waals surface area contributed by atoms with E-state index < -0.39 is 0 Å². The molecule has 1 fully saturated rings. The lowest BCUT2D eigenvalue weighted by Gasteiger charge is -2.38. The number of rotatable bonds is 9. The maximum atomic E-state index is 13.0. The normalized spacial score (nSPS) is 16.9. The Bertz CT molecular complexity index is 890. The van der Waals surface area contributed by atoms with Crippen LogP contribution in [0.5, 0.6) is 0 Å². The van der Waals surface area contributed by atoms with Crippen LogP contribution in [0.2, 0.25) is 0 Å². The first-order valence-corrected chi connectivity index (χ1v) is 12.2. The Kier molecular flexibility index (Phi) is 7.80. The average molecular weight is 438 g/mol. The maximum absolute atomic E-state index is 13.0. The first kappa shape index (κ1) is 22.8. The Hall–Kier alpha value is -2.40. The summed E-state index contributed by atoms with van der Waals surface area (Å²) in [6.45, 7) is 6.84. The van der Waals surface area contributed by atoms with Crippen LogP contribution < -0.4 is 10.2 Å². The highest BCUT2D eigenvalue weighted by Crippen LogP contribution is 2.33. The number of carbonyl (C=O) groups excluding carboxylic acids is 1. The smallest absolute Gasteiger partial charge is 0.217 e. The van der Waals surface area contributed by atoms with Gasteiger partial charge in [-0.15, -0.1) is 0 Å². The molecule has 2 aromatic carbocycles. The van der Waals surface area contributed by atoms with E-state index in [1.54, 1.807) is 19.1 Å². The van der Waals surface area contributed by atoms with E-state index in [1.165, 1.54) is 74.1 Å². The highest BCUT2D eigenvalue weighted by Gasteiger charge is 2.29. The Morgan fingerprint density at radius 2 is 1.75 bits per heavy atom. The molecule has 0 unspecified atom stereocenters. The highest BCUT2D eigenvalue weighted by atomic mass is 19.1. The number of hydrogen-bond acceptors (Lipinski definition) is 3. The van der Waals surface area contributed by atoms with Gasteiger partial charge in [0.05, 0.1) is 0 Å². The van der Waals surface area contributed by atoms with E-state index in [1.807, 2.05) is 12.1 Å². The van der Waals surface area contributed by atoms with Gasteiger partial charge in [-0.25, -0.2) is 4.39 Å². The summed E-state index contributed by atoms with van der Waals surface area (Å²) >= 11 is 0. The molecule has 0 atom stereocenters. The van der Waals surface area contributed by atoms with Crippen molar-refractivity contribution in [2.75, 3.05) is 31.1 Å². The van der Waals surface area contributed by atoms with Gasteiger partial charge in [-0.1, -0.05) is 30.7 Å². The van der Waals surface area contributed by atoms with Crippen molar-refractivity contribution in [2.45, 2.75) is 64.5 Å². The number of nitrogens with zero attached hydrogens (tertiary/aromatic N) is 2. The highest BCUT2D eigenvalue weighted by molar-refractivity contribution is 5.73. The Labute approximate surface area is 191 Å². The fourth-order valence-corrected chi connectivity index (χ4v) is 5.11. The second-order valence-electron chi connectivity index (χ2n) is 9.33. The monoisotopic (exact) mass is 437 g/mol. The van der Waals surface area contributed by atoms with Crippen molar-refractivity contribution in [3.8, 4) is 0 Å². The number of hydrogen-bond donors (Lipinski definition) is 1. The Balaban J connectivity index is 1.18. The second kappa shape index (κ2) is 11.0. The fourth-order valence-electron chi connectivity index (χ4n) is 5.11. The van der Waals surface area contributed by atoms with Gasteiger partial charge < -0.3 is 15.1 Å². The molecule has 1 saturated heterocycles. The summed E-state index contributed by atoms with van der Waals surface area (Å²) in [4.78, 5) is 16.5. The van der Waals surface area contributed by atoms with Crippen LogP contribution in [-0.2, 0) is 24.2 Å². The summed E-state index contributed by atoms with van der Waals surface area (Å²) in [5.41, 5.74) is 5.24. The molecule has 1 N–H and O–H groups in total. The zero-order valence-corrected chi connectivity index (χ0v) is 19.3. The first-order valence-electron chi connectivity index (χ1n) is 12.2. The number of likely N-dealkylation sites (tertiary alicyclic amines) is 1. The van der Waals surface area contributed by atoms with Crippen molar-refractivity contribution in [1.29, 1.82) is 0 Å². The maximum Gasteiger partial charge on any atom is 0.217 e. The lowest BCUT2D eigenvalue weighted by Crippen LogP contribution is -2.44. The van der Waals surface area contributed by atoms with E-state index in [0.717, 1.165) is 19.4 Å². The Morgan fingerprint density at radius 1 is 1.00 bits per heavy atom. The number of unbranched alkanes of at least 4 members (excludes halogenated alkanes) is 2. The number of nitrogens with one attached hydrogen (secondary N) is 1. The minimum absolute atomic E-state index is 0.0187. The third-order valence-corrected chi connectivity index (χ3v) is 6.97. The standard InChI is InChI=1S/C27H36FN3O/c1-21(32)29-20-23-6-9-24-12-18-31(27(24)19-23)26-13-16-30(17-14-26)15-4-2-3-5-22-7-10-25(28)11-8-22/h6-11,19,26H,2-5,12-18,20H2,1H3,(H,29,32). The van der Waals surface area contributed by atoms with Crippen LogP contribution in [0.25, 0.3) is 0 Å². The molecule has 32 heavy (non-hydrogen) atoms. The third-order valence-electron chi connectivity index (χ3n) is 6.97. The summed E-state index contributed by atoms with van der Waals surface area (Å²) in [5.74, 6) is -0.134. The van der Waals surface area contributed by atoms with Crippen LogP contribution in [0.4, 0.5) is 10.1 Å². The lowest BCUT2D eigenvalue weighted by molar-refractivity contribution is -0.119. The molecule has 1 amide bonds. The van der Waals surface area contributed by atoms with Crippen LogP contribution in [0, 0.1) is 5.82 Å². The number of carbonyl (C=O) groups is 1. The molecular formula is C27H36FN3O. The predicted molar refractivity (Wildman–Crippen MR) is 128 cm³/mol. The largest absolute Gasteiger partial charge is 0.368 e. The molecule has 0 radical (unpaired) electrons. The zero-order valence-electron chi connectivity index (χ0n) is 19.3. The first-order chi connectivity index (χ1) is 15.6. The summed E-state index contributed by atoms with van der Waals surface area (Å²) in [6, 6.07) is 14.2. The van der Waals surface area contributed by atoms with Crippen molar-refractivity contribution in [2.24, 2.45) is 0 Å². The molecule has 5 heteroatoms. The minimum atomic E-state index is -0.153.